The van der Waals surface area contributed by atoms with Crippen LogP contribution in [0.25, 0.3) is 0 Å². The van der Waals surface area contributed by atoms with E-state index in [2.05, 4.69) is 35.0 Å². The van der Waals surface area contributed by atoms with Gasteiger partial charge in [0.05, 0.1) is 13.2 Å². The van der Waals surface area contributed by atoms with E-state index in [9.17, 15) is 5.11 Å². The highest BCUT2D eigenvalue weighted by atomic mass is 16.5. The Labute approximate surface area is 134 Å². The Morgan fingerprint density at radius 3 is 2.73 bits per heavy atom. The minimum absolute atomic E-state index is 0.215. The number of aliphatic hydroxyl groups is 1. The Kier molecular flexibility index (Phi) is 6.68. The summed E-state index contributed by atoms with van der Waals surface area (Å²) in [4.78, 5) is 4.78. The van der Waals surface area contributed by atoms with Gasteiger partial charge in [0.15, 0.2) is 0 Å². The lowest BCUT2D eigenvalue weighted by Crippen LogP contribution is -2.40. The number of piperidine rings is 1. The second-order valence-corrected chi connectivity index (χ2v) is 6.64. The SMILES string of the molecule is COc1cccc(CN(C)CC2CCN(C[C@@H](C)O)CC2)c1. The molecule has 1 aliphatic rings. The maximum atomic E-state index is 9.46. The molecule has 0 aliphatic carbocycles. The van der Waals surface area contributed by atoms with E-state index in [1.165, 1.54) is 18.4 Å². The highest BCUT2D eigenvalue weighted by Gasteiger charge is 2.21. The normalized spacial score (nSPS) is 18.6. The number of nitrogens with zero attached hydrogens (tertiary/aromatic N) is 2. The van der Waals surface area contributed by atoms with Crippen molar-refractivity contribution in [2.24, 2.45) is 5.92 Å². The number of methoxy groups -OCH3 is 1. The molecule has 2 rings (SSSR count). The summed E-state index contributed by atoms with van der Waals surface area (Å²) in [6.45, 7) is 7.01. The molecule has 1 fully saturated rings. The second-order valence-electron chi connectivity index (χ2n) is 6.64. The van der Waals surface area contributed by atoms with Gasteiger partial charge in [0.25, 0.3) is 0 Å². The molecule has 0 unspecified atom stereocenters. The highest BCUT2D eigenvalue weighted by molar-refractivity contribution is 5.28. The van der Waals surface area contributed by atoms with E-state index in [1.54, 1.807) is 7.11 Å². The van der Waals surface area contributed by atoms with E-state index >= 15 is 0 Å². The van der Waals surface area contributed by atoms with Crippen molar-refractivity contribution in [1.29, 1.82) is 0 Å². The van der Waals surface area contributed by atoms with Gasteiger partial charge < -0.3 is 19.6 Å². The first-order valence-corrected chi connectivity index (χ1v) is 8.28. The van der Waals surface area contributed by atoms with Crippen molar-refractivity contribution in [2.75, 3.05) is 40.3 Å². The summed E-state index contributed by atoms with van der Waals surface area (Å²) in [5.41, 5.74) is 1.30. The van der Waals surface area contributed by atoms with Crippen molar-refractivity contribution >= 4 is 0 Å². The first-order valence-electron chi connectivity index (χ1n) is 8.28. The molecule has 0 aromatic heterocycles. The van der Waals surface area contributed by atoms with Crippen molar-refractivity contribution in [2.45, 2.75) is 32.4 Å². The number of ether oxygens (including phenoxy) is 1. The molecule has 1 heterocycles. The lowest BCUT2D eigenvalue weighted by molar-refractivity contribution is 0.0919. The molecule has 4 nitrogen and oxygen atoms in total. The molecule has 1 atom stereocenters. The first-order chi connectivity index (χ1) is 10.6. The number of β-amino-alcohol motifs (C(OH)–C–C–N with tert-alkyl or cyclic N) is 1. The van der Waals surface area contributed by atoms with Crippen LogP contribution < -0.4 is 4.74 Å². The average molecular weight is 306 g/mol. The first kappa shape index (κ1) is 17.3. The fraction of sp³-hybridized carbons (Fsp3) is 0.667. The zero-order valence-electron chi connectivity index (χ0n) is 14.2. The molecule has 22 heavy (non-hydrogen) atoms. The van der Waals surface area contributed by atoms with Gasteiger partial charge in [-0.05, 0) is 63.5 Å². The summed E-state index contributed by atoms with van der Waals surface area (Å²) >= 11 is 0. The van der Waals surface area contributed by atoms with E-state index in [0.717, 1.165) is 44.4 Å². The molecule has 1 N–H and O–H groups in total. The number of hydrogen-bond donors (Lipinski definition) is 1. The van der Waals surface area contributed by atoms with Crippen molar-refractivity contribution in [1.82, 2.24) is 9.80 Å². The summed E-state index contributed by atoms with van der Waals surface area (Å²) < 4.78 is 5.29. The number of likely N-dealkylation sites (tertiary alicyclic amines) is 1. The molecule has 0 bridgehead atoms. The van der Waals surface area contributed by atoms with E-state index in [-0.39, 0.29) is 6.10 Å². The van der Waals surface area contributed by atoms with Crippen LogP contribution in [0.3, 0.4) is 0 Å². The standard InChI is InChI=1S/C18H30N2O2/c1-15(21)12-20-9-7-16(8-10-20)13-19(2)14-17-5-4-6-18(11-17)22-3/h4-6,11,15-16,21H,7-10,12-14H2,1-3H3/t15-/m1/s1. The van der Waals surface area contributed by atoms with Crippen LogP contribution in [0.1, 0.15) is 25.3 Å². The van der Waals surface area contributed by atoms with Gasteiger partial charge in [0.2, 0.25) is 0 Å². The predicted octanol–water partition coefficient (Wildman–Crippen LogP) is 2.22. The molecule has 1 saturated heterocycles. The van der Waals surface area contributed by atoms with E-state index < -0.39 is 0 Å². The van der Waals surface area contributed by atoms with Crippen LogP contribution in [-0.2, 0) is 6.54 Å². The summed E-state index contributed by atoms with van der Waals surface area (Å²) in [6, 6.07) is 8.31. The van der Waals surface area contributed by atoms with Gasteiger partial charge in [0.1, 0.15) is 5.75 Å². The third kappa shape index (κ3) is 5.59. The third-order valence-corrected chi connectivity index (χ3v) is 4.39. The molecule has 124 valence electrons. The van der Waals surface area contributed by atoms with Crippen LogP contribution in [0.4, 0.5) is 0 Å². The summed E-state index contributed by atoms with van der Waals surface area (Å²) in [7, 11) is 3.91. The van der Waals surface area contributed by atoms with Gasteiger partial charge in [-0.15, -0.1) is 0 Å². The topological polar surface area (TPSA) is 35.9 Å². The smallest absolute Gasteiger partial charge is 0.119 e. The second kappa shape index (κ2) is 8.51. The maximum absolute atomic E-state index is 9.46. The van der Waals surface area contributed by atoms with Crippen LogP contribution in [-0.4, -0.2) is 61.3 Å². The number of aliphatic hydroxyl groups excluding tert-OH is 1. The number of rotatable bonds is 7. The predicted molar refractivity (Wildman–Crippen MR) is 90.2 cm³/mol. The van der Waals surface area contributed by atoms with Crippen molar-refractivity contribution in [3.8, 4) is 5.75 Å². The number of hydrogen-bond acceptors (Lipinski definition) is 4. The Hall–Kier alpha value is -1.10. The largest absolute Gasteiger partial charge is 0.497 e. The Bertz CT molecular complexity index is 442. The monoisotopic (exact) mass is 306 g/mol. The molecule has 0 saturated carbocycles. The molecular weight excluding hydrogens is 276 g/mol. The lowest BCUT2D eigenvalue weighted by Gasteiger charge is -2.34. The van der Waals surface area contributed by atoms with Gasteiger partial charge in [-0.3, -0.25) is 0 Å². The molecular formula is C18H30N2O2. The fourth-order valence-electron chi connectivity index (χ4n) is 3.31. The molecule has 1 aliphatic heterocycles. The average Bonchev–Trinajstić information content (AvgIpc) is 2.49. The van der Waals surface area contributed by atoms with Crippen LogP contribution in [0.5, 0.6) is 5.75 Å². The highest BCUT2D eigenvalue weighted by Crippen LogP contribution is 2.20. The molecule has 0 radical (unpaired) electrons. The van der Waals surface area contributed by atoms with E-state index in [1.807, 2.05) is 13.0 Å². The van der Waals surface area contributed by atoms with E-state index in [4.69, 9.17) is 4.74 Å². The summed E-state index contributed by atoms with van der Waals surface area (Å²) in [6.07, 6.45) is 2.25. The fourth-order valence-corrected chi connectivity index (χ4v) is 3.31. The Morgan fingerprint density at radius 2 is 2.09 bits per heavy atom. The van der Waals surface area contributed by atoms with Gasteiger partial charge in [-0.25, -0.2) is 0 Å². The Morgan fingerprint density at radius 1 is 1.36 bits per heavy atom. The molecule has 0 spiro atoms. The van der Waals surface area contributed by atoms with Gasteiger partial charge in [0, 0.05) is 19.6 Å². The maximum Gasteiger partial charge on any atom is 0.119 e. The number of benzene rings is 1. The van der Waals surface area contributed by atoms with Crippen LogP contribution >= 0.6 is 0 Å². The van der Waals surface area contributed by atoms with Crippen molar-refractivity contribution in [3.63, 3.8) is 0 Å². The van der Waals surface area contributed by atoms with Crippen molar-refractivity contribution in [3.05, 3.63) is 29.8 Å². The van der Waals surface area contributed by atoms with Crippen molar-refractivity contribution < 1.29 is 9.84 Å². The van der Waals surface area contributed by atoms with Gasteiger partial charge >= 0.3 is 0 Å². The van der Waals surface area contributed by atoms with Crippen LogP contribution in [0.2, 0.25) is 0 Å². The summed E-state index contributed by atoms with van der Waals surface area (Å²) in [5.74, 6) is 1.69. The summed E-state index contributed by atoms with van der Waals surface area (Å²) in [5, 5.41) is 9.46. The molecule has 1 aromatic rings. The van der Waals surface area contributed by atoms with Gasteiger partial charge in [-0.2, -0.15) is 0 Å². The third-order valence-electron chi connectivity index (χ3n) is 4.39. The Balaban J connectivity index is 1.74. The zero-order chi connectivity index (χ0) is 15.9. The molecule has 4 heteroatoms. The lowest BCUT2D eigenvalue weighted by atomic mass is 9.96. The quantitative estimate of drug-likeness (QED) is 0.838. The van der Waals surface area contributed by atoms with Crippen LogP contribution in [0.15, 0.2) is 24.3 Å². The minimum Gasteiger partial charge on any atom is -0.497 e. The molecule has 1 aromatic carbocycles. The van der Waals surface area contributed by atoms with Crippen LogP contribution in [0, 0.1) is 5.92 Å². The molecule has 0 amide bonds. The van der Waals surface area contributed by atoms with Gasteiger partial charge in [-0.1, -0.05) is 12.1 Å². The zero-order valence-corrected chi connectivity index (χ0v) is 14.2. The minimum atomic E-state index is -0.215. The van der Waals surface area contributed by atoms with E-state index in [0.29, 0.717) is 0 Å².